The molecule has 0 aromatic heterocycles. The molecule has 0 amide bonds. The van der Waals surface area contributed by atoms with Crippen LogP contribution in [0.15, 0.2) is 0 Å². The number of phosphoric acid groups is 1. The van der Waals surface area contributed by atoms with Gasteiger partial charge in [-0.2, -0.15) is 0 Å². The molecular weight excluding hydrogens is 529 g/mol. The predicted octanol–water partition coefficient (Wildman–Crippen LogP) is 6.79. The molecule has 3 aliphatic rings. The zero-order valence-corrected chi connectivity index (χ0v) is 27.0. The first kappa shape index (κ1) is 35.7. The van der Waals surface area contributed by atoms with Gasteiger partial charge in [0, 0.05) is 32.3 Å². The van der Waals surface area contributed by atoms with Crippen LogP contribution >= 0.6 is 7.82 Å². The lowest BCUT2D eigenvalue weighted by Crippen LogP contribution is -2.60. The summed E-state index contributed by atoms with van der Waals surface area (Å²) in [4.78, 5) is 24.1. The highest BCUT2D eigenvalue weighted by Crippen LogP contribution is 2.43. The van der Waals surface area contributed by atoms with Gasteiger partial charge in [-0.25, -0.2) is 0 Å². The van der Waals surface area contributed by atoms with Gasteiger partial charge in [0.1, 0.15) is 0 Å². The third-order valence-corrected chi connectivity index (χ3v) is 9.92. The van der Waals surface area contributed by atoms with Gasteiger partial charge in [0.05, 0.1) is 46.0 Å². The molecule has 8 nitrogen and oxygen atoms in total. The smallest absolute Gasteiger partial charge is 0.303 e. The summed E-state index contributed by atoms with van der Waals surface area (Å²) in [5.74, 6) is 0.263. The molecule has 0 aromatic carbocycles. The van der Waals surface area contributed by atoms with Gasteiger partial charge in [0.15, 0.2) is 6.10 Å². The summed E-state index contributed by atoms with van der Waals surface area (Å²) in [6.07, 6.45) is 19.1. The molecule has 0 saturated carbocycles. The summed E-state index contributed by atoms with van der Waals surface area (Å²) in [6.45, 7) is 9.02. The average molecular weight is 590 g/mol. The van der Waals surface area contributed by atoms with Crippen LogP contribution in [0.4, 0.5) is 0 Å². The molecule has 2 bridgehead atoms. The molecule has 3 rings (SSSR count). The number of hydrogen-bond acceptors (Lipinski definition) is 7. The normalized spacial score (nSPS) is 25.4. The van der Waals surface area contributed by atoms with Gasteiger partial charge < -0.3 is 27.9 Å². The molecule has 3 fully saturated rings. The van der Waals surface area contributed by atoms with E-state index in [9.17, 15) is 14.3 Å². The van der Waals surface area contributed by atoms with Crippen LogP contribution in [-0.4, -0.2) is 69.2 Å². The third-order valence-electron chi connectivity index (χ3n) is 8.98. The summed E-state index contributed by atoms with van der Waals surface area (Å²) >= 11 is 0. The Labute approximate surface area is 245 Å². The Balaban J connectivity index is 1.54. The van der Waals surface area contributed by atoms with E-state index in [1.165, 1.54) is 84.0 Å². The number of esters is 1. The van der Waals surface area contributed by atoms with Gasteiger partial charge in [-0.05, 0) is 19.3 Å². The molecule has 3 aliphatic heterocycles. The SMILES string of the molecule is CCCCCCCCCCCCCCCCOC(C)C(COP(=O)([O-])OCC1C[N+]2(C)CCC1CC2)OC(C)=O. The number of unbranched alkanes of at least 4 members (excludes halogenated alkanes) is 13. The number of nitrogens with zero attached hydrogens (tertiary/aromatic N) is 1. The molecule has 3 heterocycles. The van der Waals surface area contributed by atoms with Gasteiger partial charge in [-0.15, -0.1) is 0 Å². The van der Waals surface area contributed by atoms with Crippen molar-refractivity contribution >= 4 is 13.8 Å². The highest BCUT2D eigenvalue weighted by Gasteiger charge is 2.43. The molecule has 4 unspecified atom stereocenters. The number of quaternary nitrogens is 1. The lowest BCUT2D eigenvalue weighted by atomic mass is 9.78. The number of ether oxygens (including phenoxy) is 2. The van der Waals surface area contributed by atoms with E-state index in [1.54, 1.807) is 6.92 Å². The van der Waals surface area contributed by atoms with E-state index in [1.807, 2.05) is 0 Å². The largest absolute Gasteiger partial charge is 0.756 e. The van der Waals surface area contributed by atoms with Gasteiger partial charge in [-0.1, -0.05) is 90.4 Å². The fraction of sp³-hybridized carbons (Fsp3) is 0.968. The van der Waals surface area contributed by atoms with E-state index in [0.29, 0.717) is 12.5 Å². The van der Waals surface area contributed by atoms with Crippen LogP contribution in [-0.2, 0) is 27.9 Å². The van der Waals surface area contributed by atoms with Crippen molar-refractivity contribution in [3.05, 3.63) is 0 Å². The number of hydrogen-bond donors (Lipinski definition) is 0. The molecule has 0 spiro atoms. The van der Waals surface area contributed by atoms with Gasteiger partial charge in [0.2, 0.25) is 0 Å². The summed E-state index contributed by atoms with van der Waals surface area (Å²) in [5, 5.41) is 0. The lowest BCUT2D eigenvalue weighted by Gasteiger charge is -2.50. The van der Waals surface area contributed by atoms with Gasteiger partial charge in [-0.3, -0.25) is 9.36 Å². The van der Waals surface area contributed by atoms with Crippen LogP contribution in [0.3, 0.4) is 0 Å². The zero-order chi connectivity index (χ0) is 29.3. The minimum Gasteiger partial charge on any atom is -0.756 e. The maximum absolute atomic E-state index is 12.5. The van der Waals surface area contributed by atoms with Crippen molar-refractivity contribution in [1.29, 1.82) is 0 Å². The molecule has 0 aromatic rings. The molecule has 0 radical (unpaired) electrons. The second kappa shape index (κ2) is 19.6. The topological polar surface area (TPSA) is 94.1 Å². The number of fused-ring (bicyclic) bond motifs is 3. The summed E-state index contributed by atoms with van der Waals surface area (Å²) in [6, 6.07) is 0. The molecular formula is C31H60NO7P. The summed E-state index contributed by atoms with van der Waals surface area (Å²) in [5.41, 5.74) is 0. The van der Waals surface area contributed by atoms with Crippen LogP contribution in [0.2, 0.25) is 0 Å². The lowest BCUT2D eigenvalue weighted by molar-refractivity contribution is -0.929. The van der Waals surface area contributed by atoms with Crippen molar-refractivity contribution in [2.24, 2.45) is 11.8 Å². The molecule has 4 atom stereocenters. The van der Waals surface area contributed by atoms with Crippen molar-refractivity contribution in [2.75, 3.05) is 46.5 Å². The maximum atomic E-state index is 12.5. The Morgan fingerprint density at radius 1 is 0.900 bits per heavy atom. The highest BCUT2D eigenvalue weighted by atomic mass is 31.2. The monoisotopic (exact) mass is 589 g/mol. The van der Waals surface area contributed by atoms with E-state index >= 15 is 0 Å². The molecule has 3 saturated heterocycles. The Morgan fingerprint density at radius 2 is 1.43 bits per heavy atom. The fourth-order valence-electron chi connectivity index (χ4n) is 6.31. The molecule has 0 N–H and O–H groups in total. The highest BCUT2D eigenvalue weighted by molar-refractivity contribution is 7.45. The Bertz CT molecular complexity index is 728. The molecule has 236 valence electrons. The van der Waals surface area contributed by atoms with Crippen LogP contribution < -0.4 is 4.89 Å². The molecule has 9 heteroatoms. The standard InChI is InChI=1S/C31H60NO7P/c1-5-6-7-8-9-10-11-12-13-14-15-16-17-18-23-36-27(2)31(39-28(3)33)26-38-40(34,35)37-25-30-24-32(4)21-19-29(30)20-22-32/h27,29-31H,5-26H2,1-4H3. The second-order valence-electron chi connectivity index (χ2n) is 12.7. The number of carbonyl (C=O) groups excluding carboxylic acids is 1. The van der Waals surface area contributed by atoms with E-state index < -0.39 is 26.0 Å². The Hall–Kier alpha value is -0.500. The van der Waals surface area contributed by atoms with E-state index in [0.717, 1.165) is 49.8 Å². The van der Waals surface area contributed by atoms with Crippen LogP contribution in [0.1, 0.15) is 124 Å². The van der Waals surface area contributed by atoms with Gasteiger partial charge in [0.25, 0.3) is 7.82 Å². The Morgan fingerprint density at radius 3 is 1.93 bits per heavy atom. The van der Waals surface area contributed by atoms with E-state index in [-0.39, 0.29) is 19.1 Å². The van der Waals surface area contributed by atoms with Crippen molar-refractivity contribution in [3.8, 4) is 0 Å². The Kier molecular flexibility index (Phi) is 17.5. The minimum absolute atomic E-state index is 0.155. The van der Waals surface area contributed by atoms with Gasteiger partial charge >= 0.3 is 5.97 Å². The van der Waals surface area contributed by atoms with Crippen molar-refractivity contribution in [1.82, 2.24) is 0 Å². The first-order valence-corrected chi connectivity index (χ1v) is 17.8. The maximum Gasteiger partial charge on any atom is 0.303 e. The summed E-state index contributed by atoms with van der Waals surface area (Å²) < 4.78 is 35.1. The van der Waals surface area contributed by atoms with Crippen molar-refractivity contribution < 1.29 is 37.3 Å². The number of piperidine rings is 3. The van der Waals surface area contributed by atoms with Crippen LogP contribution in [0, 0.1) is 11.8 Å². The van der Waals surface area contributed by atoms with E-state index in [2.05, 4.69) is 14.0 Å². The first-order valence-electron chi connectivity index (χ1n) is 16.4. The minimum atomic E-state index is -4.51. The molecule has 40 heavy (non-hydrogen) atoms. The first-order chi connectivity index (χ1) is 19.1. The zero-order valence-electron chi connectivity index (χ0n) is 26.1. The van der Waals surface area contributed by atoms with Crippen LogP contribution in [0.25, 0.3) is 0 Å². The molecule has 0 aliphatic carbocycles. The number of phosphoric ester groups is 1. The second-order valence-corrected chi connectivity index (χ2v) is 14.1. The predicted molar refractivity (Wildman–Crippen MR) is 158 cm³/mol. The number of carbonyl (C=O) groups is 1. The fourth-order valence-corrected chi connectivity index (χ4v) is 7.09. The van der Waals surface area contributed by atoms with Crippen LogP contribution in [0.5, 0.6) is 0 Å². The summed E-state index contributed by atoms with van der Waals surface area (Å²) in [7, 11) is -2.27. The number of rotatable bonds is 24. The average Bonchev–Trinajstić information content (AvgIpc) is 2.92. The third kappa shape index (κ3) is 15.1. The quantitative estimate of drug-likeness (QED) is 0.0529. The van der Waals surface area contributed by atoms with Crippen molar-refractivity contribution in [3.63, 3.8) is 0 Å². The van der Waals surface area contributed by atoms with E-state index in [4.69, 9.17) is 18.5 Å². The van der Waals surface area contributed by atoms with Crippen molar-refractivity contribution in [2.45, 2.75) is 136 Å².